The van der Waals surface area contributed by atoms with Gasteiger partial charge in [-0.3, -0.25) is 0 Å². The zero-order valence-electron chi connectivity index (χ0n) is 11.3. The molecular formula is C15H23ClN2. The van der Waals surface area contributed by atoms with Crippen LogP contribution < -0.4 is 5.73 Å². The quantitative estimate of drug-likeness (QED) is 0.911. The molecule has 0 bridgehead atoms. The molecule has 18 heavy (non-hydrogen) atoms. The first kappa shape index (κ1) is 13.9. The van der Waals surface area contributed by atoms with Gasteiger partial charge in [0.1, 0.15) is 0 Å². The van der Waals surface area contributed by atoms with Crippen molar-refractivity contribution >= 4 is 11.6 Å². The summed E-state index contributed by atoms with van der Waals surface area (Å²) in [5.41, 5.74) is 7.76. The molecule has 1 saturated carbocycles. The molecule has 2 rings (SSSR count). The topological polar surface area (TPSA) is 29.3 Å². The molecule has 0 aliphatic heterocycles. The highest BCUT2D eigenvalue weighted by Gasteiger charge is 2.32. The maximum atomic E-state index is 6.54. The lowest BCUT2D eigenvalue weighted by molar-refractivity contribution is 0.173. The Kier molecular flexibility index (Phi) is 4.31. The van der Waals surface area contributed by atoms with Crippen molar-refractivity contribution in [2.24, 2.45) is 5.73 Å². The predicted octanol–water partition coefficient (Wildman–Crippen LogP) is 3.08. The van der Waals surface area contributed by atoms with Crippen LogP contribution in [0, 0.1) is 0 Å². The van der Waals surface area contributed by atoms with Crippen molar-refractivity contribution in [3.05, 3.63) is 34.9 Å². The van der Waals surface area contributed by atoms with E-state index in [0.29, 0.717) is 6.04 Å². The van der Waals surface area contributed by atoms with Gasteiger partial charge in [-0.1, -0.05) is 23.7 Å². The largest absolute Gasteiger partial charge is 0.325 e. The van der Waals surface area contributed by atoms with E-state index in [4.69, 9.17) is 17.3 Å². The molecule has 0 spiro atoms. The van der Waals surface area contributed by atoms with Gasteiger partial charge in [-0.25, -0.2) is 0 Å². The second kappa shape index (κ2) is 5.60. The fraction of sp³-hybridized carbons (Fsp3) is 0.600. The smallest absolute Gasteiger partial charge is 0.0408 e. The molecular weight excluding hydrogens is 244 g/mol. The summed E-state index contributed by atoms with van der Waals surface area (Å²) in [5, 5.41) is 0.804. The molecule has 1 aromatic carbocycles. The standard InChI is InChI=1S/C15H23ClN2/c1-18(2)14-6-8-15(17,9-7-14)11-12-4-3-5-13(16)10-12/h3-5,10,14H,6-9,11,17H2,1-2H3. The van der Waals surface area contributed by atoms with Crippen LogP contribution in [0.15, 0.2) is 24.3 Å². The van der Waals surface area contributed by atoms with Gasteiger partial charge in [0.2, 0.25) is 0 Å². The molecule has 2 nitrogen and oxygen atoms in total. The van der Waals surface area contributed by atoms with Crippen LogP contribution in [0.2, 0.25) is 5.02 Å². The van der Waals surface area contributed by atoms with Gasteiger partial charge < -0.3 is 10.6 Å². The second-order valence-electron chi connectivity index (χ2n) is 5.86. The van der Waals surface area contributed by atoms with Gasteiger partial charge in [-0.2, -0.15) is 0 Å². The molecule has 3 heteroatoms. The Labute approximate surface area is 115 Å². The molecule has 100 valence electrons. The zero-order valence-corrected chi connectivity index (χ0v) is 12.1. The Balaban J connectivity index is 1.97. The van der Waals surface area contributed by atoms with Gasteiger partial charge in [-0.05, 0) is 63.9 Å². The van der Waals surface area contributed by atoms with Gasteiger partial charge in [-0.15, -0.1) is 0 Å². The Bertz CT molecular complexity index is 395. The molecule has 0 aromatic heterocycles. The van der Waals surface area contributed by atoms with Crippen molar-refractivity contribution in [3.63, 3.8) is 0 Å². The summed E-state index contributed by atoms with van der Waals surface area (Å²) in [7, 11) is 4.32. The number of nitrogens with two attached hydrogens (primary N) is 1. The molecule has 0 unspecified atom stereocenters. The summed E-state index contributed by atoms with van der Waals surface area (Å²) < 4.78 is 0. The molecule has 0 radical (unpaired) electrons. The summed E-state index contributed by atoms with van der Waals surface area (Å²) in [4.78, 5) is 2.32. The van der Waals surface area contributed by atoms with Gasteiger partial charge in [0.15, 0.2) is 0 Å². The molecule has 0 heterocycles. The molecule has 0 saturated heterocycles. The zero-order chi connectivity index (χ0) is 13.2. The number of nitrogens with zero attached hydrogens (tertiary/aromatic N) is 1. The van der Waals surface area contributed by atoms with Crippen molar-refractivity contribution in [2.75, 3.05) is 14.1 Å². The summed E-state index contributed by atoms with van der Waals surface area (Å²) in [6.07, 6.45) is 5.53. The fourth-order valence-electron chi connectivity index (χ4n) is 2.92. The van der Waals surface area contributed by atoms with Gasteiger partial charge in [0, 0.05) is 16.6 Å². The predicted molar refractivity (Wildman–Crippen MR) is 78.0 cm³/mol. The summed E-state index contributed by atoms with van der Waals surface area (Å²) in [6.45, 7) is 0. The van der Waals surface area contributed by atoms with Crippen molar-refractivity contribution in [3.8, 4) is 0 Å². The van der Waals surface area contributed by atoms with E-state index in [2.05, 4.69) is 25.1 Å². The molecule has 1 aliphatic carbocycles. The number of benzene rings is 1. The van der Waals surface area contributed by atoms with E-state index < -0.39 is 0 Å². The minimum Gasteiger partial charge on any atom is -0.325 e. The van der Waals surface area contributed by atoms with E-state index in [0.717, 1.165) is 24.3 Å². The Hall–Kier alpha value is -0.570. The highest BCUT2D eigenvalue weighted by Crippen LogP contribution is 2.31. The van der Waals surface area contributed by atoms with Crippen LogP contribution in [-0.4, -0.2) is 30.6 Å². The lowest BCUT2D eigenvalue weighted by Gasteiger charge is -2.39. The molecule has 1 aromatic rings. The van der Waals surface area contributed by atoms with E-state index >= 15 is 0 Å². The maximum Gasteiger partial charge on any atom is 0.0408 e. The Morgan fingerprint density at radius 1 is 1.33 bits per heavy atom. The third-order valence-electron chi connectivity index (χ3n) is 4.13. The van der Waals surface area contributed by atoms with Crippen molar-refractivity contribution in [2.45, 2.75) is 43.7 Å². The Morgan fingerprint density at radius 3 is 2.56 bits per heavy atom. The van der Waals surface area contributed by atoms with Crippen LogP contribution in [0.1, 0.15) is 31.2 Å². The van der Waals surface area contributed by atoms with E-state index in [1.807, 2.05) is 18.2 Å². The van der Waals surface area contributed by atoms with Gasteiger partial charge >= 0.3 is 0 Å². The molecule has 0 atom stereocenters. The highest BCUT2D eigenvalue weighted by atomic mass is 35.5. The second-order valence-corrected chi connectivity index (χ2v) is 6.30. The molecule has 0 amide bonds. The van der Waals surface area contributed by atoms with Gasteiger partial charge in [0.05, 0.1) is 0 Å². The monoisotopic (exact) mass is 266 g/mol. The van der Waals surface area contributed by atoms with E-state index in [-0.39, 0.29) is 5.54 Å². The van der Waals surface area contributed by atoms with Crippen LogP contribution in [0.25, 0.3) is 0 Å². The minimum absolute atomic E-state index is 0.0445. The SMILES string of the molecule is CN(C)C1CCC(N)(Cc2cccc(Cl)c2)CC1. The van der Waals surface area contributed by atoms with Crippen molar-refractivity contribution < 1.29 is 0 Å². The first-order valence-corrected chi connectivity index (χ1v) is 7.06. The summed E-state index contributed by atoms with van der Waals surface area (Å²) in [6, 6.07) is 8.78. The third kappa shape index (κ3) is 3.47. The van der Waals surface area contributed by atoms with E-state index in [1.54, 1.807) is 0 Å². The minimum atomic E-state index is -0.0445. The van der Waals surface area contributed by atoms with Crippen LogP contribution >= 0.6 is 11.6 Å². The van der Waals surface area contributed by atoms with Crippen LogP contribution in [0.3, 0.4) is 0 Å². The molecule has 1 fully saturated rings. The average Bonchev–Trinajstić information content (AvgIpc) is 2.29. The first-order valence-electron chi connectivity index (χ1n) is 6.68. The summed E-state index contributed by atoms with van der Waals surface area (Å²) in [5.74, 6) is 0. The lowest BCUT2D eigenvalue weighted by Crippen LogP contribution is -2.48. The van der Waals surface area contributed by atoms with Crippen molar-refractivity contribution in [1.82, 2.24) is 4.90 Å². The summed E-state index contributed by atoms with van der Waals surface area (Å²) >= 11 is 6.03. The average molecular weight is 267 g/mol. The number of rotatable bonds is 3. The third-order valence-corrected chi connectivity index (χ3v) is 4.36. The van der Waals surface area contributed by atoms with Crippen molar-refractivity contribution in [1.29, 1.82) is 0 Å². The number of hydrogen-bond donors (Lipinski definition) is 1. The normalized spacial score (nSPS) is 28.6. The van der Waals surface area contributed by atoms with Crippen LogP contribution in [-0.2, 0) is 6.42 Å². The Morgan fingerprint density at radius 2 is 2.00 bits per heavy atom. The highest BCUT2D eigenvalue weighted by molar-refractivity contribution is 6.30. The number of hydrogen-bond acceptors (Lipinski definition) is 2. The first-order chi connectivity index (χ1) is 8.48. The lowest BCUT2D eigenvalue weighted by atomic mass is 9.76. The van der Waals surface area contributed by atoms with Crippen LogP contribution in [0.5, 0.6) is 0 Å². The van der Waals surface area contributed by atoms with E-state index in [1.165, 1.54) is 18.4 Å². The molecule has 2 N–H and O–H groups in total. The maximum absolute atomic E-state index is 6.54. The molecule has 1 aliphatic rings. The fourth-order valence-corrected chi connectivity index (χ4v) is 3.14. The number of halogens is 1. The van der Waals surface area contributed by atoms with Gasteiger partial charge in [0.25, 0.3) is 0 Å². The van der Waals surface area contributed by atoms with Crippen LogP contribution in [0.4, 0.5) is 0 Å². The van der Waals surface area contributed by atoms with E-state index in [9.17, 15) is 0 Å².